The summed E-state index contributed by atoms with van der Waals surface area (Å²) in [5.41, 5.74) is 1.99. The topological polar surface area (TPSA) is 20.3 Å². The average molecular weight is 215 g/mol. The van der Waals surface area contributed by atoms with E-state index < -0.39 is 0 Å². The Kier molecular flexibility index (Phi) is 1.92. The van der Waals surface area contributed by atoms with Crippen LogP contribution in [-0.4, -0.2) is 16.2 Å². The molecular weight excluding hydrogens is 206 g/mol. The second kappa shape index (κ2) is 3.28. The van der Waals surface area contributed by atoms with Crippen LogP contribution in [0.2, 0.25) is 0 Å². The lowest BCUT2D eigenvalue weighted by Gasteiger charge is -2.35. The van der Waals surface area contributed by atoms with Crippen LogP contribution in [0.3, 0.4) is 0 Å². The average Bonchev–Trinajstić information content (AvgIpc) is 2.72. The van der Waals surface area contributed by atoms with Gasteiger partial charge in [0, 0.05) is 6.20 Å². The Morgan fingerprint density at radius 1 is 1.27 bits per heavy atom. The van der Waals surface area contributed by atoms with Crippen molar-refractivity contribution in [2.45, 2.75) is 5.37 Å². The molecule has 74 valence electrons. The third-order valence-electron chi connectivity index (χ3n) is 2.55. The zero-order chi connectivity index (χ0) is 10.3. The Labute approximate surface area is 92.3 Å². The molecule has 1 fully saturated rings. The van der Waals surface area contributed by atoms with Gasteiger partial charge >= 0.3 is 0 Å². The predicted molar refractivity (Wildman–Crippen MR) is 61.8 cm³/mol. The van der Waals surface area contributed by atoms with E-state index in [4.69, 9.17) is 0 Å². The Morgan fingerprint density at radius 2 is 2.07 bits per heavy atom. The first-order chi connectivity index (χ1) is 7.36. The lowest BCUT2D eigenvalue weighted by molar-refractivity contribution is -0.130. The molecule has 0 aliphatic carbocycles. The molecule has 0 bridgehead atoms. The molecule has 2 aliphatic heterocycles. The van der Waals surface area contributed by atoms with Crippen LogP contribution in [0.15, 0.2) is 47.5 Å². The fourth-order valence-electron chi connectivity index (χ4n) is 1.77. The number of carbonyl (C=O) groups excluding carboxylic acids is 1. The van der Waals surface area contributed by atoms with Crippen LogP contribution >= 0.6 is 11.8 Å². The van der Waals surface area contributed by atoms with E-state index in [1.165, 1.54) is 0 Å². The van der Waals surface area contributed by atoms with Crippen LogP contribution in [0.1, 0.15) is 5.56 Å². The largest absolute Gasteiger partial charge is 0.298 e. The van der Waals surface area contributed by atoms with E-state index >= 15 is 0 Å². The number of hydrogen-bond donors (Lipinski definition) is 0. The first-order valence-electron chi connectivity index (χ1n) is 4.78. The standard InChI is InChI=1S/C12H9NOS/c14-11-10(12-13(11)6-7-15-12)8-9-4-2-1-3-5-9/h1-8,12H/t12-/m0/s1. The summed E-state index contributed by atoms with van der Waals surface area (Å²) in [7, 11) is 0. The number of carbonyl (C=O) groups is 1. The lowest BCUT2D eigenvalue weighted by atomic mass is 10.0. The third-order valence-corrected chi connectivity index (χ3v) is 3.57. The number of nitrogens with zero attached hydrogens (tertiary/aromatic N) is 1. The predicted octanol–water partition coefficient (Wildman–Crippen LogP) is 2.46. The van der Waals surface area contributed by atoms with Gasteiger partial charge in [-0.05, 0) is 17.0 Å². The van der Waals surface area contributed by atoms with Gasteiger partial charge in [-0.25, -0.2) is 0 Å². The molecule has 1 amide bonds. The van der Waals surface area contributed by atoms with Gasteiger partial charge in [0.25, 0.3) is 5.91 Å². The van der Waals surface area contributed by atoms with Crippen molar-refractivity contribution >= 4 is 23.7 Å². The van der Waals surface area contributed by atoms with Crippen molar-refractivity contribution in [3.8, 4) is 0 Å². The zero-order valence-corrected chi connectivity index (χ0v) is 8.78. The highest BCUT2D eigenvalue weighted by Gasteiger charge is 2.43. The summed E-state index contributed by atoms with van der Waals surface area (Å²) in [6.07, 6.45) is 3.82. The molecule has 0 aromatic heterocycles. The first kappa shape index (κ1) is 8.80. The van der Waals surface area contributed by atoms with Crippen LogP contribution < -0.4 is 0 Å². The van der Waals surface area contributed by atoms with Crippen molar-refractivity contribution in [3.05, 3.63) is 53.1 Å². The smallest absolute Gasteiger partial charge is 0.258 e. The summed E-state index contributed by atoms with van der Waals surface area (Å²) in [6, 6.07) is 9.95. The summed E-state index contributed by atoms with van der Waals surface area (Å²) in [5, 5.41) is 2.19. The number of fused-ring (bicyclic) bond motifs is 1. The van der Waals surface area contributed by atoms with E-state index in [9.17, 15) is 4.79 Å². The van der Waals surface area contributed by atoms with Gasteiger partial charge in [0.15, 0.2) is 0 Å². The summed E-state index contributed by atoms with van der Waals surface area (Å²) in [6.45, 7) is 0. The second-order valence-corrected chi connectivity index (χ2v) is 4.49. The summed E-state index contributed by atoms with van der Waals surface area (Å²) in [5.74, 6) is 0.130. The van der Waals surface area contributed by atoms with Crippen LogP contribution in [0.5, 0.6) is 0 Å². The van der Waals surface area contributed by atoms with Gasteiger partial charge in [-0.3, -0.25) is 9.69 Å². The molecule has 1 atom stereocenters. The second-order valence-electron chi connectivity index (χ2n) is 3.50. The van der Waals surface area contributed by atoms with Gasteiger partial charge in [0.1, 0.15) is 5.37 Å². The molecule has 0 N–H and O–H groups in total. The molecule has 0 saturated carbocycles. The molecule has 1 aromatic carbocycles. The lowest BCUT2D eigenvalue weighted by Crippen LogP contribution is -2.47. The van der Waals surface area contributed by atoms with Crippen LogP contribution in [0.4, 0.5) is 0 Å². The minimum absolute atomic E-state index is 0.130. The number of thioether (sulfide) groups is 1. The normalized spacial score (nSPS) is 25.6. The molecule has 0 unspecified atom stereocenters. The highest BCUT2D eigenvalue weighted by atomic mass is 32.2. The molecule has 0 spiro atoms. The Balaban J connectivity index is 1.91. The van der Waals surface area contributed by atoms with E-state index in [2.05, 4.69) is 0 Å². The molecule has 3 heteroatoms. The SMILES string of the molecule is O=C1C(=Cc2ccccc2)[C@@H]2SC=CN12. The first-order valence-corrected chi connectivity index (χ1v) is 5.72. The van der Waals surface area contributed by atoms with Crippen LogP contribution in [0, 0.1) is 0 Å². The van der Waals surface area contributed by atoms with Crippen molar-refractivity contribution in [3.63, 3.8) is 0 Å². The van der Waals surface area contributed by atoms with Gasteiger partial charge in [-0.15, -0.1) is 11.8 Å². The number of benzene rings is 1. The van der Waals surface area contributed by atoms with Gasteiger partial charge in [-0.1, -0.05) is 30.3 Å². The highest BCUT2D eigenvalue weighted by Crippen LogP contribution is 2.41. The van der Waals surface area contributed by atoms with Gasteiger partial charge in [-0.2, -0.15) is 0 Å². The number of β-lactam (4-membered cyclic amide) rings is 1. The Morgan fingerprint density at radius 3 is 2.87 bits per heavy atom. The van der Waals surface area contributed by atoms with Gasteiger partial charge < -0.3 is 0 Å². The van der Waals surface area contributed by atoms with Gasteiger partial charge in [0.2, 0.25) is 0 Å². The maximum atomic E-state index is 11.6. The molecule has 2 heterocycles. The Hall–Kier alpha value is -1.48. The summed E-state index contributed by atoms with van der Waals surface area (Å²) >= 11 is 1.68. The van der Waals surface area contributed by atoms with Crippen LogP contribution in [0.25, 0.3) is 6.08 Å². The minimum Gasteiger partial charge on any atom is -0.298 e. The van der Waals surface area contributed by atoms with E-state index in [-0.39, 0.29) is 11.3 Å². The summed E-state index contributed by atoms with van der Waals surface area (Å²) < 4.78 is 0. The van der Waals surface area contributed by atoms with E-state index in [1.54, 1.807) is 16.7 Å². The highest BCUT2D eigenvalue weighted by molar-refractivity contribution is 8.03. The van der Waals surface area contributed by atoms with Crippen molar-refractivity contribution in [1.82, 2.24) is 4.90 Å². The molecule has 3 rings (SSSR count). The minimum atomic E-state index is 0.130. The molecule has 0 radical (unpaired) electrons. The maximum absolute atomic E-state index is 11.6. The molecule has 15 heavy (non-hydrogen) atoms. The molecule has 2 nitrogen and oxygen atoms in total. The molecule has 1 aromatic rings. The number of amides is 1. The fourth-order valence-corrected chi connectivity index (χ4v) is 2.73. The fraction of sp³-hybridized carbons (Fsp3) is 0.0833. The van der Waals surface area contributed by atoms with E-state index in [0.29, 0.717) is 0 Å². The van der Waals surface area contributed by atoms with Crippen molar-refractivity contribution in [2.24, 2.45) is 0 Å². The van der Waals surface area contributed by atoms with Crippen molar-refractivity contribution in [1.29, 1.82) is 0 Å². The zero-order valence-electron chi connectivity index (χ0n) is 7.96. The molecular formula is C12H9NOS. The number of hydrogen-bond acceptors (Lipinski definition) is 2. The summed E-state index contributed by atoms with van der Waals surface area (Å²) in [4.78, 5) is 13.4. The van der Waals surface area contributed by atoms with Crippen molar-refractivity contribution in [2.75, 3.05) is 0 Å². The van der Waals surface area contributed by atoms with Gasteiger partial charge in [0.05, 0.1) is 5.57 Å². The monoisotopic (exact) mass is 215 g/mol. The Bertz CT molecular complexity index is 464. The molecule has 1 saturated heterocycles. The third kappa shape index (κ3) is 1.31. The van der Waals surface area contributed by atoms with Crippen molar-refractivity contribution < 1.29 is 4.79 Å². The number of rotatable bonds is 1. The molecule has 2 aliphatic rings. The van der Waals surface area contributed by atoms with E-state index in [1.807, 2.05) is 48.0 Å². The maximum Gasteiger partial charge on any atom is 0.258 e. The quantitative estimate of drug-likeness (QED) is 0.530. The van der Waals surface area contributed by atoms with E-state index in [0.717, 1.165) is 11.1 Å². The van der Waals surface area contributed by atoms with Crippen LogP contribution in [-0.2, 0) is 4.79 Å².